The average molecular weight is 518 g/mol. The van der Waals surface area contributed by atoms with Crippen LogP contribution in [-0.2, 0) is 24.0 Å². The molecule has 0 aliphatic heterocycles. The van der Waals surface area contributed by atoms with Crippen LogP contribution in [0.4, 0.5) is 0 Å². The fourth-order valence-electron chi connectivity index (χ4n) is 3.08. The van der Waals surface area contributed by atoms with Crippen LogP contribution in [0.3, 0.4) is 0 Å². The third-order valence-corrected chi connectivity index (χ3v) is 4.97. The zero-order valence-electron chi connectivity index (χ0n) is 20.8. The normalized spacial score (nSPS) is 15.1. The molecule has 12 N–H and O–H groups in total. The summed E-state index contributed by atoms with van der Waals surface area (Å²) in [7, 11) is 0. The lowest BCUT2D eigenvalue weighted by Crippen LogP contribution is -2.58. The topological polar surface area (TPSA) is 273 Å². The molecule has 0 fully saturated rings. The zero-order valence-corrected chi connectivity index (χ0v) is 20.8. The number of aliphatic hydroxyl groups excluding tert-OH is 1. The quantitative estimate of drug-likeness (QED) is 0.0539. The monoisotopic (exact) mass is 517 g/mol. The van der Waals surface area contributed by atoms with Crippen molar-refractivity contribution in [2.75, 3.05) is 6.54 Å². The molecule has 0 aliphatic rings. The number of carboxylic acid groups (broad SMARTS) is 2. The molecule has 15 heteroatoms. The van der Waals surface area contributed by atoms with Crippen LogP contribution in [0.2, 0.25) is 0 Å². The number of carboxylic acids is 2. The van der Waals surface area contributed by atoms with Gasteiger partial charge in [-0.1, -0.05) is 13.8 Å². The summed E-state index contributed by atoms with van der Waals surface area (Å²) in [6.07, 6.45) is -1.48. The van der Waals surface area contributed by atoms with E-state index in [0.717, 1.165) is 0 Å². The molecule has 0 aromatic heterocycles. The van der Waals surface area contributed by atoms with Crippen molar-refractivity contribution < 1.29 is 39.3 Å². The van der Waals surface area contributed by atoms with E-state index in [1.165, 1.54) is 6.92 Å². The van der Waals surface area contributed by atoms with Gasteiger partial charge in [0.15, 0.2) is 12.0 Å². The van der Waals surface area contributed by atoms with Crippen molar-refractivity contribution in [3.8, 4) is 0 Å². The number of nitrogens with two attached hydrogens (primary N) is 3. The number of guanidine groups is 1. The number of hydrogen-bond donors (Lipinski definition) is 9. The maximum Gasteiger partial charge on any atom is 0.328 e. The van der Waals surface area contributed by atoms with Gasteiger partial charge >= 0.3 is 11.9 Å². The lowest BCUT2D eigenvalue weighted by Gasteiger charge is -2.26. The number of hydrogen-bond acceptors (Lipinski definition) is 8. The first-order chi connectivity index (χ1) is 16.6. The van der Waals surface area contributed by atoms with Gasteiger partial charge in [0.05, 0.1) is 12.1 Å². The van der Waals surface area contributed by atoms with Gasteiger partial charge in [0.2, 0.25) is 17.7 Å². The molecule has 5 unspecified atom stereocenters. The van der Waals surface area contributed by atoms with E-state index in [4.69, 9.17) is 22.3 Å². The van der Waals surface area contributed by atoms with E-state index >= 15 is 0 Å². The van der Waals surface area contributed by atoms with E-state index in [2.05, 4.69) is 20.9 Å². The number of aliphatic imine (C=N–C) groups is 1. The molecule has 0 rings (SSSR count). The number of aliphatic carboxylic acids is 2. The van der Waals surface area contributed by atoms with Crippen LogP contribution in [0.5, 0.6) is 0 Å². The second kappa shape index (κ2) is 16.3. The first kappa shape index (κ1) is 32.5. The maximum atomic E-state index is 12.9. The average Bonchev–Trinajstić information content (AvgIpc) is 2.75. The summed E-state index contributed by atoms with van der Waals surface area (Å²) in [5.74, 6) is -5.31. The third kappa shape index (κ3) is 13.4. The molecular formula is C21H39N7O8. The number of carbonyl (C=O) groups is 5. The third-order valence-electron chi connectivity index (χ3n) is 4.97. The van der Waals surface area contributed by atoms with Crippen LogP contribution in [0, 0.1) is 5.92 Å². The molecule has 0 saturated carbocycles. The highest BCUT2D eigenvalue weighted by Gasteiger charge is 2.32. The molecule has 206 valence electrons. The molecule has 15 nitrogen and oxygen atoms in total. The van der Waals surface area contributed by atoms with E-state index in [1.807, 2.05) is 0 Å². The van der Waals surface area contributed by atoms with E-state index in [-0.39, 0.29) is 37.7 Å². The fourth-order valence-corrected chi connectivity index (χ4v) is 3.08. The second-order valence-corrected chi connectivity index (χ2v) is 8.80. The lowest BCUT2D eigenvalue weighted by atomic mass is 10.0. The Labute approximate surface area is 209 Å². The SMILES string of the molecule is CC(C)CC(NC(=O)C(CCC(=O)O)NC(=O)C(N)CCCN=C(N)N)C(=O)NC(C(=O)O)C(C)O. The molecular weight excluding hydrogens is 478 g/mol. The summed E-state index contributed by atoms with van der Waals surface area (Å²) < 4.78 is 0. The van der Waals surface area contributed by atoms with Gasteiger partial charge in [-0.15, -0.1) is 0 Å². The number of nitrogens with one attached hydrogen (secondary N) is 3. The maximum absolute atomic E-state index is 12.9. The number of nitrogens with zero attached hydrogens (tertiary/aromatic N) is 1. The molecule has 5 atom stereocenters. The van der Waals surface area contributed by atoms with Gasteiger partial charge in [0.25, 0.3) is 0 Å². The lowest BCUT2D eigenvalue weighted by molar-refractivity contribution is -0.145. The molecule has 0 radical (unpaired) electrons. The van der Waals surface area contributed by atoms with Crippen LogP contribution < -0.4 is 33.2 Å². The standard InChI is InChI=1S/C21H39N7O8/c1-10(2)9-14(19(34)28-16(11(3)29)20(35)36)27-18(33)13(6-7-15(30)31)26-17(32)12(22)5-4-8-25-21(23)24/h10-14,16,29H,4-9,22H2,1-3H3,(H,26,32)(H,27,33)(H,28,34)(H,30,31)(H,35,36)(H4,23,24,25). The number of aliphatic hydroxyl groups is 1. The minimum Gasteiger partial charge on any atom is -0.481 e. The molecule has 0 heterocycles. The predicted molar refractivity (Wildman–Crippen MR) is 129 cm³/mol. The minimum absolute atomic E-state index is 0.105. The van der Waals surface area contributed by atoms with Crippen LogP contribution in [0.1, 0.15) is 52.9 Å². The second-order valence-electron chi connectivity index (χ2n) is 8.80. The fraction of sp³-hybridized carbons (Fsp3) is 0.714. The highest BCUT2D eigenvalue weighted by Crippen LogP contribution is 2.08. The Morgan fingerprint density at radius 2 is 1.42 bits per heavy atom. The summed E-state index contributed by atoms with van der Waals surface area (Å²) in [5.41, 5.74) is 16.3. The molecule has 0 saturated heterocycles. The zero-order chi connectivity index (χ0) is 28.0. The first-order valence-corrected chi connectivity index (χ1v) is 11.5. The van der Waals surface area contributed by atoms with Gasteiger partial charge in [-0.2, -0.15) is 0 Å². The molecule has 3 amide bonds. The smallest absolute Gasteiger partial charge is 0.328 e. The molecule has 0 aromatic carbocycles. The Bertz CT molecular complexity index is 799. The van der Waals surface area contributed by atoms with E-state index in [1.54, 1.807) is 13.8 Å². The van der Waals surface area contributed by atoms with Crippen molar-refractivity contribution in [2.24, 2.45) is 28.1 Å². The van der Waals surface area contributed by atoms with Gasteiger partial charge in [0, 0.05) is 13.0 Å². The number of amides is 3. The molecule has 0 bridgehead atoms. The van der Waals surface area contributed by atoms with Crippen molar-refractivity contribution in [3.05, 3.63) is 0 Å². The first-order valence-electron chi connectivity index (χ1n) is 11.5. The molecule has 0 aliphatic carbocycles. The summed E-state index contributed by atoms with van der Waals surface area (Å²) in [5, 5.41) is 34.9. The Balaban J connectivity index is 5.47. The number of rotatable bonds is 17. The Hall–Kier alpha value is -3.46. The Kier molecular flexibility index (Phi) is 14.7. The number of carbonyl (C=O) groups excluding carboxylic acids is 3. The summed E-state index contributed by atoms with van der Waals surface area (Å²) >= 11 is 0. The molecule has 36 heavy (non-hydrogen) atoms. The predicted octanol–water partition coefficient (Wildman–Crippen LogP) is -2.80. The van der Waals surface area contributed by atoms with Crippen LogP contribution in [0.15, 0.2) is 4.99 Å². The summed E-state index contributed by atoms with van der Waals surface area (Å²) in [6.45, 7) is 4.96. The van der Waals surface area contributed by atoms with Crippen molar-refractivity contribution in [3.63, 3.8) is 0 Å². The van der Waals surface area contributed by atoms with Gasteiger partial charge in [0.1, 0.15) is 12.1 Å². The van der Waals surface area contributed by atoms with Crippen LogP contribution in [0.25, 0.3) is 0 Å². The largest absolute Gasteiger partial charge is 0.481 e. The summed E-state index contributed by atoms with van der Waals surface area (Å²) in [6, 6.07) is -5.18. The van der Waals surface area contributed by atoms with Gasteiger partial charge in [-0.25, -0.2) is 4.79 Å². The minimum atomic E-state index is -1.61. The van der Waals surface area contributed by atoms with Gasteiger partial charge in [-0.3, -0.25) is 24.2 Å². The van der Waals surface area contributed by atoms with Crippen molar-refractivity contribution in [2.45, 2.75) is 83.1 Å². The van der Waals surface area contributed by atoms with Crippen molar-refractivity contribution >= 4 is 35.6 Å². The van der Waals surface area contributed by atoms with Crippen molar-refractivity contribution in [1.82, 2.24) is 16.0 Å². The van der Waals surface area contributed by atoms with E-state index < -0.39 is 66.4 Å². The van der Waals surface area contributed by atoms with Gasteiger partial charge in [-0.05, 0) is 38.5 Å². The highest BCUT2D eigenvalue weighted by molar-refractivity contribution is 5.94. The van der Waals surface area contributed by atoms with Crippen LogP contribution >= 0.6 is 0 Å². The molecule has 0 spiro atoms. The van der Waals surface area contributed by atoms with Gasteiger partial charge < -0.3 is 48.5 Å². The van der Waals surface area contributed by atoms with E-state index in [0.29, 0.717) is 6.42 Å². The Morgan fingerprint density at radius 3 is 1.89 bits per heavy atom. The van der Waals surface area contributed by atoms with Crippen LogP contribution in [-0.4, -0.2) is 87.8 Å². The molecule has 0 aromatic rings. The highest BCUT2D eigenvalue weighted by atomic mass is 16.4. The summed E-state index contributed by atoms with van der Waals surface area (Å²) in [4.78, 5) is 64.3. The Morgan fingerprint density at radius 1 is 0.861 bits per heavy atom. The van der Waals surface area contributed by atoms with E-state index in [9.17, 15) is 34.2 Å². The van der Waals surface area contributed by atoms with Crippen molar-refractivity contribution in [1.29, 1.82) is 0 Å².